The summed E-state index contributed by atoms with van der Waals surface area (Å²) in [5.74, 6) is -0.472. The number of methoxy groups -OCH3 is 1. The van der Waals surface area contributed by atoms with E-state index in [-0.39, 0.29) is 26.1 Å². The molecule has 2 aromatic heterocycles. The van der Waals surface area contributed by atoms with E-state index < -0.39 is 11.5 Å². The first-order valence-corrected chi connectivity index (χ1v) is 10.3. The minimum atomic E-state index is -0.625. The molecule has 0 saturated carbocycles. The molecule has 0 fully saturated rings. The second kappa shape index (κ2) is 7.05. The molecular weight excluding hydrogens is 427 g/mol. The largest absolute Gasteiger partial charge is 0.494 e. The van der Waals surface area contributed by atoms with Crippen molar-refractivity contribution in [3.63, 3.8) is 0 Å². The average molecular weight is 441 g/mol. The van der Waals surface area contributed by atoms with Crippen molar-refractivity contribution in [3.05, 3.63) is 53.3 Å². The highest BCUT2D eigenvalue weighted by Gasteiger charge is 2.25. The molecule has 27 heavy (non-hydrogen) atoms. The number of aromatic amines is 1. The van der Waals surface area contributed by atoms with Crippen LogP contribution in [0.1, 0.15) is 33.6 Å². The number of H-pyrrole nitrogens is 1. The van der Waals surface area contributed by atoms with E-state index in [1.165, 1.54) is 24.1 Å². The zero-order valence-corrected chi connectivity index (χ0v) is 17.4. The van der Waals surface area contributed by atoms with E-state index in [1.807, 2.05) is 0 Å². The van der Waals surface area contributed by atoms with Crippen molar-refractivity contribution in [1.82, 2.24) is 9.55 Å². The number of fused-ring (bicyclic) bond motifs is 3. The molecule has 2 heterocycles. The fourth-order valence-corrected chi connectivity index (χ4v) is 5.65. The van der Waals surface area contributed by atoms with Gasteiger partial charge in [0.2, 0.25) is 0 Å². The summed E-state index contributed by atoms with van der Waals surface area (Å²) in [5.41, 5.74) is 0.687. The van der Waals surface area contributed by atoms with E-state index in [0.717, 1.165) is 40.6 Å². The standard InChI is InChI=1S/C18H14Cl2N2O3S2/c1-25-14-10(6-8(19)7-11(14)20)16(23)22-17(24)13-9-4-2-3-5-12(9)27-15(13)21-18(22)26/h6-7H,2-5H2,1H3,(H,21,26). The number of aromatic nitrogens is 2. The van der Waals surface area contributed by atoms with Crippen LogP contribution in [0.15, 0.2) is 16.9 Å². The molecule has 1 aliphatic carbocycles. The number of thiophene rings is 1. The second-order valence-electron chi connectivity index (χ2n) is 6.26. The Balaban J connectivity index is 1.99. The highest BCUT2D eigenvalue weighted by molar-refractivity contribution is 7.71. The van der Waals surface area contributed by atoms with Crippen LogP contribution in [-0.4, -0.2) is 22.6 Å². The number of aryl methyl sites for hydroxylation is 2. The van der Waals surface area contributed by atoms with Gasteiger partial charge in [0.15, 0.2) is 4.77 Å². The summed E-state index contributed by atoms with van der Waals surface area (Å²) in [4.78, 5) is 31.4. The van der Waals surface area contributed by atoms with Gasteiger partial charge in [0.25, 0.3) is 11.5 Å². The molecule has 0 unspecified atom stereocenters. The number of hydrogen-bond acceptors (Lipinski definition) is 5. The molecule has 0 saturated heterocycles. The van der Waals surface area contributed by atoms with Gasteiger partial charge in [-0.3, -0.25) is 9.59 Å². The number of ether oxygens (including phenoxy) is 1. The molecule has 1 aromatic carbocycles. The molecule has 4 rings (SSSR count). The van der Waals surface area contributed by atoms with Gasteiger partial charge in [-0.15, -0.1) is 11.3 Å². The number of hydrogen-bond donors (Lipinski definition) is 1. The van der Waals surface area contributed by atoms with Crippen LogP contribution in [0.3, 0.4) is 0 Å². The lowest BCUT2D eigenvalue weighted by Crippen LogP contribution is -2.29. The van der Waals surface area contributed by atoms with Crippen LogP contribution in [0.5, 0.6) is 5.75 Å². The van der Waals surface area contributed by atoms with Crippen molar-refractivity contribution in [2.75, 3.05) is 7.11 Å². The topological polar surface area (TPSA) is 64.1 Å². The van der Waals surface area contributed by atoms with E-state index in [9.17, 15) is 9.59 Å². The molecular formula is C18H14Cl2N2O3S2. The van der Waals surface area contributed by atoms with Crippen LogP contribution in [0.2, 0.25) is 10.0 Å². The minimum absolute atomic E-state index is 0.0363. The van der Waals surface area contributed by atoms with Gasteiger partial charge in [0.05, 0.1) is 23.1 Å². The fraction of sp³-hybridized carbons (Fsp3) is 0.278. The van der Waals surface area contributed by atoms with Crippen molar-refractivity contribution >= 4 is 62.9 Å². The highest BCUT2D eigenvalue weighted by atomic mass is 35.5. The van der Waals surface area contributed by atoms with Gasteiger partial charge in [-0.2, -0.15) is 0 Å². The maximum Gasteiger partial charge on any atom is 0.271 e. The lowest BCUT2D eigenvalue weighted by Gasteiger charge is -2.12. The molecule has 5 nitrogen and oxygen atoms in total. The van der Waals surface area contributed by atoms with E-state index in [4.69, 9.17) is 40.2 Å². The summed E-state index contributed by atoms with van der Waals surface area (Å²) in [7, 11) is 1.40. The second-order valence-corrected chi connectivity index (χ2v) is 8.59. The molecule has 1 aliphatic rings. The van der Waals surface area contributed by atoms with Gasteiger partial charge in [-0.1, -0.05) is 23.2 Å². The number of nitrogens with zero attached hydrogens (tertiary/aromatic N) is 1. The minimum Gasteiger partial charge on any atom is -0.494 e. The fourth-order valence-electron chi connectivity index (χ4n) is 3.47. The number of rotatable bonds is 2. The first-order chi connectivity index (χ1) is 12.9. The van der Waals surface area contributed by atoms with Gasteiger partial charge < -0.3 is 9.72 Å². The third-order valence-electron chi connectivity index (χ3n) is 4.66. The maximum absolute atomic E-state index is 13.2. The lowest BCUT2D eigenvalue weighted by atomic mass is 9.97. The normalized spacial score (nSPS) is 13.6. The number of nitrogens with one attached hydrogen (secondary N) is 1. The zero-order valence-electron chi connectivity index (χ0n) is 14.2. The molecule has 0 spiro atoms. The lowest BCUT2D eigenvalue weighted by molar-refractivity contribution is 0.0950. The van der Waals surface area contributed by atoms with Crippen LogP contribution < -0.4 is 10.3 Å². The SMILES string of the molecule is COc1c(Cl)cc(Cl)cc1C(=O)n1c(=S)[nH]c2sc3c(c2c1=O)CCCC3. The van der Waals surface area contributed by atoms with E-state index in [2.05, 4.69) is 4.98 Å². The first kappa shape index (κ1) is 18.7. The van der Waals surface area contributed by atoms with Crippen molar-refractivity contribution in [2.24, 2.45) is 0 Å². The number of carbonyl (C=O) groups is 1. The number of carbonyl (C=O) groups excluding carboxylic acids is 1. The molecule has 0 bridgehead atoms. The summed E-state index contributed by atoms with van der Waals surface area (Å²) in [6.45, 7) is 0. The van der Waals surface area contributed by atoms with Crippen LogP contribution in [-0.2, 0) is 12.8 Å². The number of halogens is 2. The molecule has 9 heteroatoms. The van der Waals surface area contributed by atoms with Crippen LogP contribution in [0, 0.1) is 4.77 Å². The predicted molar refractivity (Wildman–Crippen MR) is 111 cm³/mol. The van der Waals surface area contributed by atoms with E-state index >= 15 is 0 Å². The summed E-state index contributed by atoms with van der Waals surface area (Å²) < 4.78 is 6.25. The highest BCUT2D eigenvalue weighted by Crippen LogP contribution is 2.35. The van der Waals surface area contributed by atoms with Crippen molar-refractivity contribution in [2.45, 2.75) is 25.7 Å². The Morgan fingerprint density at radius 3 is 2.78 bits per heavy atom. The Hall–Kier alpha value is -1.67. The number of benzene rings is 1. The molecule has 1 N–H and O–H groups in total. The van der Waals surface area contributed by atoms with Gasteiger partial charge in [0, 0.05) is 9.90 Å². The smallest absolute Gasteiger partial charge is 0.271 e. The Morgan fingerprint density at radius 1 is 1.30 bits per heavy atom. The molecule has 3 aromatic rings. The quantitative estimate of drug-likeness (QED) is 0.569. The van der Waals surface area contributed by atoms with Gasteiger partial charge in [0.1, 0.15) is 10.6 Å². The van der Waals surface area contributed by atoms with Crippen molar-refractivity contribution in [1.29, 1.82) is 0 Å². The van der Waals surface area contributed by atoms with Crippen molar-refractivity contribution in [3.8, 4) is 5.75 Å². The Labute approximate surface area is 173 Å². The summed E-state index contributed by atoms with van der Waals surface area (Å²) in [5, 5.41) is 0.995. The molecule has 0 atom stereocenters. The Bertz CT molecular complexity index is 1210. The Morgan fingerprint density at radius 2 is 2.04 bits per heavy atom. The maximum atomic E-state index is 13.2. The summed E-state index contributed by atoms with van der Waals surface area (Å²) in [6, 6.07) is 2.89. The van der Waals surface area contributed by atoms with Crippen molar-refractivity contribution < 1.29 is 9.53 Å². The Kier molecular flexibility index (Phi) is 4.88. The predicted octanol–water partition coefficient (Wildman–Crippen LogP) is 5.00. The third kappa shape index (κ3) is 3.02. The van der Waals surface area contributed by atoms with Gasteiger partial charge in [-0.05, 0) is 55.6 Å². The van der Waals surface area contributed by atoms with Crippen LogP contribution in [0.4, 0.5) is 0 Å². The van der Waals surface area contributed by atoms with Crippen LogP contribution in [0.25, 0.3) is 10.2 Å². The van der Waals surface area contributed by atoms with Gasteiger partial charge in [-0.25, -0.2) is 4.57 Å². The average Bonchev–Trinajstić information content (AvgIpc) is 2.99. The molecule has 0 aliphatic heterocycles. The third-order valence-corrected chi connectivity index (χ3v) is 6.65. The zero-order chi connectivity index (χ0) is 19.3. The molecule has 140 valence electrons. The summed E-state index contributed by atoms with van der Waals surface area (Å²) in [6.07, 6.45) is 3.90. The van der Waals surface area contributed by atoms with E-state index in [0.29, 0.717) is 5.39 Å². The molecule has 0 radical (unpaired) electrons. The molecule has 0 amide bonds. The first-order valence-electron chi connectivity index (χ1n) is 8.29. The van der Waals surface area contributed by atoms with Gasteiger partial charge >= 0.3 is 0 Å². The van der Waals surface area contributed by atoms with E-state index in [1.54, 1.807) is 11.3 Å². The van der Waals surface area contributed by atoms with Crippen LogP contribution >= 0.6 is 46.8 Å². The summed E-state index contributed by atoms with van der Waals surface area (Å²) >= 11 is 19.0. The monoisotopic (exact) mass is 440 g/mol.